The highest BCUT2D eigenvalue weighted by atomic mass is 19.1. The van der Waals surface area contributed by atoms with Gasteiger partial charge < -0.3 is 28.9 Å². The lowest BCUT2D eigenvalue weighted by atomic mass is 10.0. The molecule has 0 radical (unpaired) electrons. The summed E-state index contributed by atoms with van der Waals surface area (Å²) in [7, 11) is 4.77. The zero-order chi connectivity index (χ0) is 32.1. The minimum atomic E-state index is -0.919. The molecule has 1 aliphatic rings. The van der Waals surface area contributed by atoms with Crippen LogP contribution in [0.25, 0.3) is 0 Å². The van der Waals surface area contributed by atoms with E-state index in [0.717, 1.165) is 5.56 Å². The second-order valence-electron chi connectivity index (χ2n) is 12.4. The number of carbonyl (C=O) groups is 3. The first-order valence-electron chi connectivity index (χ1n) is 13.9. The van der Waals surface area contributed by atoms with Gasteiger partial charge in [-0.1, -0.05) is 24.3 Å². The fourth-order valence-electron chi connectivity index (χ4n) is 4.31. The number of ether oxygens (including phenoxy) is 3. The van der Waals surface area contributed by atoms with Crippen molar-refractivity contribution in [2.24, 2.45) is 4.99 Å². The highest BCUT2D eigenvalue weighted by Crippen LogP contribution is 2.22. The monoisotopic (exact) mass is 599 g/mol. The molecule has 0 bridgehead atoms. The molecule has 43 heavy (non-hydrogen) atoms. The first kappa shape index (κ1) is 33.2. The maximum atomic E-state index is 15.0. The van der Waals surface area contributed by atoms with E-state index in [1.165, 1.54) is 20.8 Å². The molecule has 12 heteroatoms. The molecule has 2 aromatic rings. The number of aliphatic imine (C=N–C) groups is 1. The lowest BCUT2D eigenvalue weighted by Gasteiger charge is -2.42. The van der Waals surface area contributed by atoms with E-state index in [2.05, 4.69) is 4.99 Å². The molecular weight excluding hydrogens is 557 g/mol. The van der Waals surface area contributed by atoms with Crippen molar-refractivity contribution in [1.29, 1.82) is 0 Å². The summed E-state index contributed by atoms with van der Waals surface area (Å²) in [6.07, 6.45) is -1.39. The van der Waals surface area contributed by atoms with Crippen LogP contribution in [0.15, 0.2) is 47.5 Å². The maximum Gasteiger partial charge on any atom is 0.437 e. The zero-order valence-corrected chi connectivity index (χ0v) is 26.4. The van der Waals surface area contributed by atoms with Gasteiger partial charge in [-0.05, 0) is 76.4 Å². The fraction of sp³-hybridized carbons (Fsp3) is 0.484. The Morgan fingerprint density at radius 3 is 2.00 bits per heavy atom. The van der Waals surface area contributed by atoms with Crippen LogP contribution in [0, 0.1) is 5.82 Å². The van der Waals surface area contributed by atoms with Gasteiger partial charge in [0, 0.05) is 20.5 Å². The molecule has 2 aromatic carbocycles. The van der Waals surface area contributed by atoms with Gasteiger partial charge in [-0.25, -0.2) is 23.7 Å². The highest BCUT2D eigenvalue weighted by Gasteiger charge is 2.35. The van der Waals surface area contributed by atoms with Gasteiger partial charge in [0.1, 0.15) is 22.8 Å². The summed E-state index contributed by atoms with van der Waals surface area (Å²) in [4.78, 5) is 49.0. The average molecular weight is 600 g/mol. The van der Waals surface area contributed by atoms with Crippen molar-refractivity contribution in [3.8, 4) is 5.75 Å². The van der Waals surface area contributed by atoms with Crippen LogP contribution in [0.5, 0.6) is 5.75 Å². The molecule has 0 saturated carbocycles. The molecule has 0 N–H and O–H groups in total. The van der Waals surface area contributed by atoms with Crippen LogP contribution in [0.1, 0.15) is 58.2 Å². The van der Waals surface area contributed by atoms with Gasteiger partial charge in [-0.3, -0.25) is 0 Å². The quantitative estimate of drug-likeness (QED) is 0.322. The molecule has 234 valence electrons. The molecule has 1 aliphatic heterocycles. The minimum absolute atomic E-state index is 0.0379. The third-order valence-electron chi connectivity index (χ3n) is 6.15. The van der Waals surface area contributed by atoms with Crippen molar-refractivity contribution in [2.45, 2.75) is 65.7 Å². The summed E-state index contributed by atoms with van der Waals surface area (Å²) >= 11 is 0. The molecule has 1 fully saturated rings. The number of nitrogens with zero attached hydrogens (tertiary/aromatic N) is 5. The molecule has 1 heterocycles. The largest absolute Gasteiger partial charge is 0.497 e. The van der Waals surface area contributed by atoms with Gasteiger partial charge in [-0.2, -0.15) is 0 Å². The SMILES string of the molecule is COc1ccc(Cc2cc(CN(C(=O)OC(C)(C)C)C(=NC(=O)OC(C)(C)C)N3CN(C)C(=O)N(C)C3)ccc2F)cc1. The highest BCUT2D eigenvalue weighted by molar-refractivity contribution is 5.99. The summed E-state index contributed by atoms with van der Waals surface area (Å²) in [5, 5.41) is 0. The topological polar surface area (TPSA) is 104 Å². The summed E-state index contributed by atoms with van der Waals surface area (Å²) in [6.45, 7) is 10.2. The maximum absolute atomic E-state index is 15.0. The Balaban J connectivity index is 2.06. The summed E-state index contributed by atoms with van der Waals surface area (Å²) in [6, 6.07) is 11.7. The lowest BCUT2D eigenvalue weighted by molar-refractivity contribution is 0.0300. The van der Waals surface area contributed by atoms with Crippen LogP contribution in [-0.4, -0.2) is 89.5 Å². The van der Waals surface area contributed by atoms with E-state index in [1.807, 2.05) is 12.1 Å². The molecule has 0 aromatic heterocycles. The van der Waals surface area contributed by atoms with Gasteiger partial charge in [-0.15, -0.1) is 4.99 Å². The van der Waals surface area contributed by atoms with Gasteiger partial charge in [0.05, 0.1) is 27.0 Å². The van der Waals surface area contributed by atoms with E-state index in [4.69, 9.17) is 14.2 Å². The van der Waals surface area contributed by atoms with Crippen LogP contribution in [-0.2, 0) is 22.4 Å². The summed E-state index contributed by atoms with van der Waals surface area (Å²) in [5.74, 6) is 0.220. The third kappa shape index (κ3) is 9.59. The van der Waals surface area contributed by atoms with Crippen LogP contribution in [0.4, 0.5) is 18.8 Å². The van der Waals surface area contributed by atoms with Gasteiger partial charge in [0.2, 0.25) is 5.96 Å². The van der Waals surface area contributed by atoms with Gasteiger partial charge in [0.25, 0.3) is 0 Å². The number of methoxy groups -OCH3 is 1. The first-order chi connectivity index (χ1) is 20.0. The molecule has 0 atom stereocenters. The molecule has 0 aliphatic carbocycles. The summed E-state index contributed by atoms with van der Waals surface area (Å²) < 4.78 is 31.3. The number of rotatable bonds is 5. The number of hydrogen-bond donors (Lipinski definition) is 0. The van der Waals surface area contributed by atoms with Crippen LogP contribution < -0.4 is 4.74 Å². The zero-order valence-electron chi connectivity index (χ0n) is 26.4. The number of carbonyl (C=O) groups excluding carboxylic acids is 3. The second-order valence-corrected chi connectivity index (χ2v) is 12.4. The van der Waals surface area contributed by atoms with Crippen molar-refractivity contribution in [1.82, 2.24) is 19.6 Å². The molecule has 0 unspecified atom stereocenters. The van der Waals surface area contributed by atoms with E-state index in [1.54, 1.807) is 91.9 Å². The van der Waals surface area contributed by atoms with Gasteiger partial charge in [0.15, 0.2) is 0 Å². The number of guanidine groups is 1. The Morgan fingerprint density at radius 2 is 1.47 bits per heavy atom. The predicted molar refractivity (Wildman–Crippen MR) is 160 cm³/mol. The Kier molecular flexibility index (Phi) is 10.3. The van der Waals surface area contributed by atoms with Crippen molar-refractivity contribution < 1.29 is 33.0 Å². The molecular formula is C31H42FN5O6. The Hall–Kier alpha value is -4.35. The molecule has 1 saturated heterocycles. The Labute approximate surface area is 252 Å². The van der Waals surface area contributed by atoms with E-state index < -0.39 is 29.2 Å². The van der Waals surface area contributed by atoms with E-state index in [0.29, 0.717) is 23.3 Å². The van der Waals surface area contributed by atoms with Crippen molar-refractivity contribution >= 4 is 24.2 Å². The fourth-order valence-corrected chi connectivity index (χ4v) is 4.31. The second kappa shape index (κ2) is 13.3. The lowest BCUT2D eigenvalue weighted by Crippen LogP contribution is -2.60. The van der Waals surface area contributed by atoms with Crippen molar-refractivity contribution in [2.75, 3.05) is 34.5 Å². The number of benzene rings is 2. The van der Waals surface area contributed by atoms with E-state index in [-0.39, 0.29) is 31.9 Å². The Morgan fingerprint density at radius 1 is 0.907 bits per heavy atom. The number of hydrogen-bond acceptors (Lipinski definition) is 6. The third-order valence-corrected chi connectivity index (χ3v) is 6.15. The van der Waals surface area contributed by atoms with E-state index in [9.17, 15) is 18.8 Å². The smallest absolute Gasteiger partial charge is 0.437 e. The number of halogens is 1. The number of amides is 4. The molecule has 3 rings (SSSR count). The van der Waals surface area contributed by atoms with Crippen LogP contribution in [0.2, 0.25) is 0 Å². The Bertz CT molecular complexity index is 1340. The molecule has 0 spiro atoms. The van der Waals surface area contributed by atoms with Gasteiger partial charge >= 0.3 is 18.2 Å². The molecule has 11 nitrogen and oxygen atoms in total. The van der Waals surface area contributed by atoms with E-state index >= 15 is 0 Å². The number of urea groups is 1. The standard InChI is InChI=1S/C31H42FN5O6/c1-30(2,3)42-27(38)33-26(36-19-34(7)28(39)35(8)20-36)37(29(40)43-31(4,5)6)18-22-12-15-25(32)23(17-22)16-21-10-13-24(41-9)14-11-21/h10-15,17H,16,18-20H2,1-9H3. The van der Waals surface area contributed by atoms with Crippen LogP contribution in [0.3, 0.4) is 0 Å². The predicted octanol–water partition coefficient (Wildman–Crippen LogP) is 5.67. The normalized spacial score (nSPS) is 14.5. The van der Waals surface area contributed by atoms with Crippen LogP contribution >= 0.6 is 0 Å². The summed E-state index contributed by atoms with van der Waals surface area (Å²) in [5.41, 5.74) is 0.140. The average Bonchev–Trinajstić information content (AvgIpc) is 2.89. The van der Waals surface area contributed by atoms with Crippen molar-refractivity contribution in [3.05, 3.63) is 65.0 Å². The van der Waals surface area contributed by atoms with Crippen molar-refractivity contribution in [3.63, 3.8) is 0 Å². The first-order valence-corrected chi connectivity index (χ1v) is 13.9. The molecule has 4 amide bonds. The minimum Gasteiger partial charge on any atom is -0.497 e.